The van der Waals surface area contributed by atoms with E-state index in [0.717, 1.165) is 64.2 Å². The van der Waals surface area contributed by atoms with Crippen molar-refractivity contribution < 1.29 is 25.2 Å². The summed E-state index contributed by atoms with van der Waals surface area (Å²) in [6.07, 6.45) is 11.9. The fourth-order valence-electron chi connectivity index (χ4n) is 3.90. The van der Waals surface area contributed by atoms with Crippen LogP contribution in [-0.2, 0) is 28.6 Å². The SMILES string of the molecule is CCCCCCCCOS(=O)(=O)c1ccc2ccccc2c1S(=O)(=O)OCCCCCCCC. The average Bonchev–Trinajstić information content (AvgIpc) is 2.82. The molecular weight excluding hydrogens is 472 g/mol. The van der Waals surface area contributed by atoms with Gasteiger partial charge in [0.15, 0.2) is 0 Å². The molecule has 0 saturated heterocycles. The lowest BCUT2D eigenvalue weighted by Gasteiger charge is -2.14. The van der Waals surface area contributed by atoms with Crippen LogP contribution in [0.15, 0.2) is 46.2 Å². The zero-order valence-electron chi connectivity index (χ0n) is 20.6. The van der Waals surface area contributed by atoms with Crippen molar-refractivity contribution in [2.45, 2.75) is 101 Å². The molecule has 2 aromatic carbocycles. The third kappa shape index (κ3) is 8.95. The number of fused-ring (bicyclic) bond motifs is 1. The molecule has 2 aromatic rings. The lowest BCUT2D eigenvalue weighted by Crippen LogP contribution is -2.16. The van der Waals surface area contributed by atoms with Gasteiger partial charge < -0.3 is 0 Å². The van der Waals surface area contributed by atoms with Gasteiger partial charge in [0.25, 0.3) is 20.2 Å². The Kier molecular flexibility index (Phi) is 12.5. The van der Waals surface area contributed by atoms with Crippen LogP contribution in [0.1, 0.15) is 90.9 Å². The second kappa shape index (κ2) is 14.8. The van der Waals surface area contributed by atoms with Crippen molar-refractivity contribution in [2.24, 2.45) is 0 Å². The van der Waals surface area contributed by atoms with E-state index in [1.807, 2.05) is 0 Å². The van der Waals surface area contributed by atoms with Gasteiger partial charge in [0.2, 0.25) is 0 Å². The molecule has 8 heteroatoms. The van der Waals surface area contributed by atoms with Gasteiger partial charge in [-0.15, -0.1) is 0 Å². The zero-order chi connectivity index (χ0) is 24.9. The Morgan fingerprint density at radius 2 is 1.09 bits per heavy atom. The molecule has 0 aliphatic heterocycles. The molecule has 2 rings (SSSR count). The quantitative estimate of drug-likeness (QED) is 0.158. The molecule has 0 amide bonds. The van der Waals surface area contributed by atoms with Crippen LogP contribution in [0.4, 0.5) is 0 Å². The molecule has 0 radical (unpaired) electrons. The van der Waals surface area contributed by atoms with E-state index < -0.39 is 20.2 Å². The zero-order valence-corrected chi connectivity index (χ0v) is 22.3. The molecule has 0 aliphatic carbocycles. The number of rotatable bonds is 18. The van der Waals surface area contributed by atoms with Crippen molar-refractivity contribution in [3.63, 3.8) is 0 Å². The Bertz CT molecular complexity index is 1080. The van der Waals surface area contributed by atoms with E-state index in [9.17, 15) is 16.8 Å². The standard InChI is InChI=1S/C26H40O6S2/c1-3-5-7-9-11-15-21-31-33(27,28)25-20-19-23-17-13-14-18-24(23)26(25)34(29,30)32-22-16-12-10-8-6-4-2/h13-14,17-20H,3-12,15-16,21-22H2,1-2H3. The van der Waals surface area contributed by atoms with Crippen LogP contribution in [0.3, 0.4) is 0 Å². The lowest BCUT2D eigenvalue weighted by molar-refractivity contribution is 0.299. The average molecular weight is 513 g/mol. The molecule has 192 valence electrons. The Hall–Kier alpha value is -1.48. The molecule has 0 fully saturated rings. The van der Waals surface area contributed by atoms with Gasteiger partial charge in [0.05, 0.1) is 13.2 Å². The minimum atomic E-state index is -4.30. The van der Waals surface area contributed by atoms with E-state index in [1.54, 1.807) is 30.3 Å². The van der Waals surface area contributed by atoms with Crippen LogP contribution in [0.25, 0.3) is 10.8 Å². The van der Waals surface area contributed by atoms with E-state index in [2.05, 4.69) is 13.8 Å². The van der Waals surface area contributed by atoms with Gasteiger partial charge in [0, 0.05) is 5.39 Å². The number of hydrogen-bond donors (Lipinski definition) is 0. The van der Waals surface area contributed by atoms with E-state index in [1.165, 1.54) is 6.07 Å². The fourth-order valence-corrected chi connectivity index (χ4v) is 6.78. The van der Waals surface area contributed by atoms with Crippen molar-refractivity contribution in [3.05, 3.63) is 36.4 Å². The highest BCUT2D eigenvalue weighted by atomic mass is 32.2. The predicted molar refractivity (Wildman–Crippen MR) is 137 cm³/mol. The summed E-state index contributed by atoms with van der Waals surface area (Å²) in [5.74, 6) is 0. The van der Waals surface area contributed by atoms with E-state index in [0.29, 0.717) is 23.6 Å². The summed E-state index contributed by atoms with van der Waals surface area (Å²) in [6.45, 7) is 4.33. The summed E-state index contributed by atoms with van der Waals surface area (Å²) < 4.78 is 62.9. The van der Waals surface area contributed by atoms with Gasteiger partial charge in [-0.1, -0.05) is 108 Å². The molecule has 0 bridgehead atoms. The van der Waals surface area contributed by atoms with Crippen molar-refractivity contribution in [1.82, 2.24) is 0 Å². The third-order valence-electron chi connectivity index (χ3n) is 5.84. The molecule has 0 unspecified atom stereocenters. The molecular formula is C26H40O6S2. The normalized spacial score (nSPS) is 12.4. The van der Waals surface area contributed by atoms with E-state index in [-0.39, 0.29) is 23.0 Å². The van der Waals surface area contributed by atoms with Crippen LogP contribution in [0.2, 0.25) is 0 Å². The smallest absolute Gasteiger partial charge is 0.266 e. The molecule has 0 aliphatic rings. The van der Waals surface area contributed by atoms with Crippen LogP contribution in [0.5, 0.6) is 0 Å². The first-order valence-electron chi connectivity index (χ1n) is 12.6. The summed E-state index contributed by atoms with van der Waals surface area (Å²) in [5, 5.41) is 0.939. The minimum Gasteiger partial charge on any atom is -0.266 e. The van der Waals surface area contributed by atoms with E-state index in [4.69, 9.17) is 8.37 Å². The Morgan fingerprint density at radius 3 is 1.68 bits per heavy atom. The number of hydrogen-bond acceptors (Lipinski definition) is 6. The maximum atomic E-state index is 13.2. The minimum absolute atomic E-state index is 0.0236. The van der Waals surface area contributed by atoms with E-state index >= 15 is 0 Å². The summed E-state index contributed by atoms with van der Waals surface area (Å²) in [6, 6.07) is 9.71. The molecule has 0 atom stereocenters. The van der Waals surface area contributed by atoms with Crippen molar-refractivity contribution in [3.8, 4) is 0 Å². The van der Waals surface area contributed by atoms with Crippen molar-refractivity contribution >= 4 is 31.0 Å². The van der Waals surface area contributed by atoms with Crippen molar-refractivity contribution in [1.29, 1.82) is 0 Å². The van der Waals surface area contributed by atoms with Crippen LogP contribution in [-0.4, -0.2) is 30.0 Å². The number of benzene rings is 2. The number of unbranched alkanes of at least 4 members (excludes halogenated alkanes) is 10. The molecule has 0 aromatic heterocycles. The monoisotopic (exact) mass is 512 g/mol. The van der Waals surface area contributed by atoms with Gasteiger partial charge in [-0.05, 0) is 24.3 Å². The highest BCUT2D eigenvalue weighted by molar-refractivity contribution is 7.90. The molecule has 0 heterocycles. The summed E-state index contributed by atoms with van der Waals surface area (Å²) in [4.78, 5) is -0.695. The maximum Gasteiger partial charge on any atom is 0.299 e. The maximum absolute atomic E-state index is 13.2. The van der Waals surface area contributed by atoms with Crippen molar-refractivity contribution in [2.75, 3.05) is 13.2 Å². The van der Waals surface area contributed by atoms with Gasteiger partial charge in [0.1, 0.15) is 9.79 Å². The second-order valence-electron chi connectivity index (χ2n) is 8.70. The topological polar surface area (TPSA) is 86.7 Å². The third-order valence-corrected chi connectivity index (χ3v) is 8.74. The highest BCUT2D eigenvalue weighted by Gasteiger charge is 2.30. The second-order valence-corrected chi connectivity index (χ2v) is 11.8. The summed E-state index contributed by atoms with van der Waals surface area (Å²) in [5.41, 5.74) is 0. The first-order valence-corrected chi connectivity index (χ1v) is 15.5. The Balaban J connectivity index is 2.16. The van der Waals surface area contributed by atoms with Crippen LogP contribution >= 0.6 is 0 Å². The van der Waals surface area contributed by atoms with Crippen LogP contribution < -0.4 is 0 Å². The predicted octanol–water partition coefficient (Wildman–Crippen LogP) is 6.97. The highest BCUT2D eigenvalue weighted by Crippen LogP contribution is 2.32. The summed E-state index contributed by atoms with van der Waals surface area (Å²) >= 11 is 0. The summed E-state index contributed by atoms with van der Waals surface area (Å²) in [7, 11) is -8.57. The molecule has 34 heavy (non-hydrogen) atoms. The largest absolute Gasteiger partial charge is 0.299 e. The van der Waals surface area contributed by atoms with Gasteiger partial charge in [-0.2, -0.15) is 16.8 Å². The molecule has 0 N–H and O–H groups in total. The Morgan fingerprint density at radius 1 is 0.588 bits per heavy atom. The van der Waals surface area contributed by atoms with Gasteiger partial charge >= 0.3 is 0 Å². The van der Waals surface area contributed by atoms with Gasteiger partial charge in [-0.3, -0.25) is 8.37 Å². The Labute approximate surface area is 206 Å². The fraction of sp³-hybridized carbons (Fsp3) is 0.615. The van der Waals surface area contributed by atoms with Gasteiger partial charge in [-0.25, -0.2) is 0 Å². The molecule has 6 nitrogen and oxygen atoms in total. The first-order chi connectivity index (χ1) is 16.3. The lowest BCUT2D eigenvalue weighted by atomic mass is 10.1. The van der Waals surface area contributed by atoms with Crippen LogP contribution in [0, 0.1) is 0 Å². The molecule has 0 spiro atoms. The molecule has 0 saturated carbocycles. The first kappa shape index (κ1) is 28.8.